The second kappa shape index (κ2) is 7.79. The number of hydrogen-bond acceptors (Lipinski definition) is 2. The monoisotopic (exact) mass is 330 g/mol. The van der Waals surface area contributed by atoms with E-state index in [4.69, 9.17) is 11.6 Å². The van der Waals surface area contributed by atoms with Crippen molar-refractivity contribution in [2.75, 3.05) is 20.6 Å². The van der Waals surface area contributed by atoms with Gasteiger partial charge in [-0.05, 0) is 42.3 Å². The van der Waals surface area contributed by atoms with E-state index in [-0.39, 0.29) is 11.8 Å². The molecule has 23 heavy (non-hydrogen) atoms. The third-order valence-electron chi connectivity index (χ3n) is 3.37. The number of halogens is 1. The molecular weight excluding hydrogens is 312 g/mol. The van der Waals surface area contributed by atoms with Crippen LogP contribution in [0.15, 0.2) is 48.5 Å². The fourth-order valence-corrected chi connectivity index (χ4v) is 2.36. The molecule has 2 aromatic carbocycles. The molecule has 5 heteroatoms. The number of nitrogens with one attached hydrogen (secondary N) is 1. The molecule has 0 radical (unpaired) electrons. The first kappa shape index (κ1) is 17.0. The van der Waals surface area contributed by atoms with Crippen molar-refractivity contribution in [3.8, 4) is 0 Å². The number of benzene rings is 2. The highest BCUT2D eigenvalue weighted by molar-refractivity contribution is 6.30. The van der Waals surface area contributed by atoms with Crippen LogP contribution in [0.25, 0.3) is 0 Å². The van der Waals surface area contributed by atoms with Crippen molar-refractivity contribution in [2.45, 2.75) is 6.42 Å². The Morgan fingerprint density at radius 2 is 1.74 bits per heavy atom. The first-order chi connectivity index (χ1) is 11.0. The summed E-state index contributed by atoms with van der Waals surface area (Å²) in [7, 11) is 3.44. The molecule has 0 heterocycles. The Bertz CT molecular complexity index is 714. The molecule has 2 rings (SSSR count). The Morgan fingerprint density at radius 3 is 2.43 bits per heavy atom. The van der Waals surface area contributed by atoms with Crippen LogP contribution in [0.5, 0.6) is 0 Å². The summed E-state index contributed by atoms with van der Waals surface area (Å²) in [5.74, 6) is -0.192. The SMILES string of the molecule is CN(C)C(=O)c1cccc(CCNC(=O)c2cccc(Cl)c2)c1. The molecule has 0 atom stereocenters. The summed E-state index contributed by atoms with van der Waals surface area (Å²) in [4.78, 5) is 25.5. The number of hydrogen-bond donors (Lipinski definition) is 1. The molecular formula is C18H19ClN2O2. The Hall–Kier alpha value is -2.33. The van der Waals surface area contributed by atoms with E-state index >= 15 is 0 Å². The van der Waals surface area contributed by atoms with Crippen molar-refractivity contribution in [1.29, 1.82) is 0 Å². The van der Waals surface area contributed by atoms with Gasteiger partial charge in [0.1, 0.15) is 0 Å². The van der Waals surface area contributed by atoms with E-state index < -0.39 is 0 Å². The highest BCUT2D eigenvalue weighted by Crippen LogP contribution is 2.11. The van der Waals surface area contributed by atoms with Gasteiger partial charge in [-0.1, -0.05) is 29.8 Å². The van der Waals surface area contributed by atoms with Crippen LogP contribution in [0.3, 0.4) is 0 Å². The van der Waals surface area contributed by atoms with Crippen LogP contribution in [-0.4, -0.2) is 37.4 Å². The van der Waals surface area contributed by atoms with Gasteiger partial charge < -0.3 is 10.2 Å². The lowest BCUT2D eigenvalue weighted by Crippen LogP contribution is -2.26. The van der Waals surface area contributed by atoms with E-state index in [2.05, 4.69) is 5.32 Å². The molecule has 0 unspecified atom stereocenters. The summed E-state index contributed by atoms with van der Waals surface area (Å²) in [5.41, 5.74) is 2.19. The number of carbonyl (C=O) groups is 2. The molecule has 0 aliphatic rings. The first-order valence-corrected chi connectivity index (χ1v) is 7.69. The van der Waals surface area contributed by atoms with Gasteiger partial charge in [0.25, 0.3) is 11.8 Å². The van der Waals surface area contributed by atoms with Gasteiger partial charge in [-0.3, -0.25) is 9.59 Å². The lowest BCUT2D eigenvalue weighted by molar-refractivity contribution is 0.0827. The molecule has 2 aromatic rings. The summed E-state index contributed by atoms with van der Waals surface area (Å²) in [5, 5.41) is 3.39. The smallest absolute Gasteiger partial charge is 0.253 e. The van der Waals surface area contributed by atoms with Gasteiger partial charge in [-0.25, -0.2) is 0 Å². The summed E-state index contributed by atoms with van der Waals surface area (Å²) >= 11 is 5.88. The Labute approximate surface area is 141 Å². The van der Waals surface area contributed by atoms with Gasteiger partial charge >= 0.3 is 0 Å². The van der Waals surface area contributed by atoms with Gasteiger partial charge in [0.2, 0.25) is 0 Å². The Kier molecular flexibility index (Phi) is 5.77. The maximum atomic E-state index is 12.0. The second-order valence-corrected chi connectivity index (χ2v) is 5.85. The second-order valence-electron chi connectivity index (χ2n) is 5.42. The molecule has 0 saturated heterocycles. The zero-order valence-electron chi connectivity index (χ0n) is 13.2. The summed E-state index contributed by atoms with van der Waals surface area (Å²) in [6, 6.07) is 14.3. The largest absolute Gasteiger partial charge is 0.352 e. The molecule has 0 aliphatic heterocycles. The maximum absolute atomic E-state index is 12.0. The Balaban J connectivity index is 1.93. The average molecular weight is 331 g/mol. The molecule has 0 fully saturated rings. The first-order valence-electron chi connectivity index (χ1n) is 7.32. The molecule has 4 nitrogen and oxygen atoms in total. The van der Waals surface area contributed by atoms with Crippen molar-refractivity contribution in [3.63, 3.8) is 0 Å². The highest BCUT2D eigenvalue weighted by atomic mass is 35.5. The van der Waals surface area contributed by atoms with Crippen LogP contribution < -0.4 is 5.32 Å². The van der Waals surface area contributed by atoms with Crippen LogP contribution >= 0.6 is 11.6 Å². The predicted molar refractivity (Wildman–Crippen MR) is 91.9 cm³/mol. The van der Waals surface area contributed by atoms with E-state index in [0.717, 1.165) is 5.56 Å². The van der Waals surface area contributed by atoms with Gasteiger partial charge in [0.15, 0.2) is 0 Å². The highest BCUT2D eigenvalue weighted by Gasteiger charge is 2.09. The summed E-state index contributed by atoms with van der Waals surface area (Å²) in [6.07, 6.45) is 0.654. The standard InChI is InChI=1S/C18H19ClN2O2/c1-21(2)18(23)15-7-3-5-13(11-15)9-10-20-17(22)14-6-4-8-16(19)12-14/h3-8,11-12H,9-10H2,1-2H3,(H,20,22). The third-order valence-corrected chi connectivity index (χ3v) is 3.60. The fourth-order valence-electron chi connectivity index (χ4n) is 2.17. The van der Waals surface area contributed by atoms with Crippen LogP contribution in [0, 0.1) is 0 Å². The van der Waals surface area contributed by atoms with Gasteiger partial charge in [-0.15, -0.1) is 0 Å². The van der Waals surface area contributed by atoms with Crippen molar-refractivity contribution >= 4 is 23.4 Å². The quantitative estimate of drug-likeness (QED) is 0.916. The topological polar surface area (TPSA) is 49.4 Å². The minimum Gasteiger partial charge on any atom is -0.352 e. The van der Waals surface area contributed by atoms with Crippen LogP contribution in [0.2, 0.25) is 5.02 Å². The van der Waals surface area contributed by atoms with E-state index in [0.29, 0.717) is 29.1 Å². The normalized spacial score (nSPS) is 10.2. The minimum absolute atomic E-state index is 0.0326. The van der Waals surface area contributed by atoms with E-state index in [9.17, 15) is 9.59 Å². The van der Waals surface area contributed by atoms with E-state index in [1.807, 2.05) is 18.2 Å². The van der Waals surface area contributed by atoms with E-state index in [1.54, 1.807) is 49.3 Å². The lowest BCUT2D eigenvalue weighted by Gasteiger charge is -2.11. The van der Waals surface area contributed by atoms with Crippen molar-refractivity contribution in [1.82, 2.24) is 10.2 Å². The molecule has 0 spiro atoms. The number of amides is 2. The van der Waals surface area contributed by atoms with Crippen LogP contribution in [0.4, 0.5) is 0 Å². The lowest BCUT2D eigenvalue weighted by atomic mass is 10.1. The molecule has 1 N–H and O–H groups in total. The van der Waals surface area contributed by atoms with Crippen LogP contribution in [-0.2, 0) is 6.42 Å². The minimum atomic E-state index is -0.159. The van der Waals surface area contributed by atoms with E-state index in [1.165, 1.54) is 0 Å². The number of nitrogens with zero attached hydrogens (tertiary/aromatic N) is 1. The molecule has 120 valence electrons. The fraction of sp³-hybridized carbons (Fsp3) is 0.222. The van der Waals surface area contributed by atoms with Crippen molar-refractivity contribution in [3.05, 3.63) is 70.2 Å². The van der Waals surface area contributed by atoms with Gasteiger partial charge in [0, 0.05) is 36.8 Å². The average Bonchev–Trinajstić information content (AvgIpc) is 2.54. The molecule has 0 aromatic heterocycles. The molecule has 2 amide bonds. The van der Waals surface area contributed by atoms with Crippen molar-refractivity contribution in [2.24, 2.45) is 0 Å². The number of carbonyl (C=O) groups excluding carboxylic acids is 2. The molecule has 0 aliphatic carbocycles. The number of rotatable bonds is 5. The summed E-state index contributed by atoms with van der Waals surface area (Å²) in [6.45, 7) is 0.491. The van der Waals surface area contributed by atoms with Gasteiger partial charge in [-0.2, -0.15) is 0 Å². The van der Waals surface area contributed by atoms with Crippen molar-refractivity contribution < 1.29 is 9.59 Å². The maximum Gasteiger partial charge on any atom is 0.253 e. The summed E-state index contributed by atoms with van der Waals surface area (Å²) < 4.78 is 0. The molecule has 0 bridgehead atoms. The molecule has 0 saturated carbocycles. The zero-order chi connectivity index (χ0) is 16.8. The van der Waals surface area contributed by atoms with Gasteiger partial charge in [0.05, 0.1) is 0 Å². The predicted octanol–water partition coefficient (Wildman–Crippen LogP) is 3.01. The third kappa shape index (κ3) is 4.83. The zero-order valence-corrected chi connectivity index (χ0v) is 13.9. The Morgan fingerprint density at radius 1 is 1.04 bits per heavy atom. The van der Waals surface area contributed by atoms with Crippen LogP contribution in [0.1, 0.15) is 26.3 Å².